The smallest absolute Gasteiger partial charge is 0.207 e. The van der Waals surface area contributed by atoms with E-state index < -0.39 is 3.68 Å². The highest BCUT2D eigenvalue weighted by atomic mass is 127. The van der Waals surface area contributed by atoms with Crippen molar-refractivity contribution in [3.8, 4) is 11.4 Å². The fourth-order valence-corrected chi connectivity index (χ4v) is 2.77. The zero-order valence-corrected chi connectivity index (χ0v) is 16.6. The summed E-state index contributed by atoms with van der Waals surface area (Å²) in [6.45, 7) is 2.59. The van der Waals surface area contributed by atoms with Crippen LogP contribution in [0.2, 0.25) is 0 Å². The molecule has 1 atom stereocenters. The molecule has 0 fully saturated rings. The number of alkyl halides is 2. The third kappa shape index (κ3) is 4.55. The van der Waals surface area contributed by atoms with E-state index in [1.165, 1.54) is 11.7 Å². The number of benzene rings is 2. The number of hydrogen-bond donors (Lipinski definition) is 1. The van der Waals surface area contributed by atoms with Gasteiger partial charge >= 0.3 is 0 Å². The number of ether oxygens (including phenoxy) is 1. The molecule has 0 aliphatic heterocycles. The van der Waals surface area contributed by atoms with Gasteiger partial charge in [0.1, 0.15) is 0 Å². The summed E-state index contributed by atoms with van der Waals surface area (Å²) >= 11 is 1.78. The Kier molecular flexibility index (Phi) is 5.82. The Morgan fingerprint density at radius 1 is 1.19 bits per heavy atom. The van der Waals surface area contributed by atoms with Crippen LogP contribution < -0.4 is 5.32 Å². The van der Waals surface area contributed by atoms with E-state index in [0.29, 0.717) is 24.5 Å². The maximum atomic E-state index is 14.0. The van der Waals surface area contributed by atoms with Gasteiger partial charge in [-0.2, -0.15) is 4.80 Å². The first-order valence-electron chi connectivity index (χ1n) is 8.09. The van der Waals surface area contributed by atoms with Gasteiger partial charge in [0, 0.05) is 24.0 Å². The summed E-state index contributed by atoms with van der Waals surface area (Å²) in [5.41, 5.74) is 3.17. The van der Waals surface area contributed by atoms with Crippen LogP contribution in [0, 0.1) is 0 Å². The molecule has 1 heterocycles. The van der Waals surface area contributed by atoms with E-state index in [0.717, 1.165) is 16.9 Å². The lowest BCUT2D eigenvalue weighted by molar-refractivity contribution is 0.178. The van der Waals surface area contributed by atoms with Crippen LogP contribution in [0.4, 0.5) is 15.8 Å². The molecular formula is C18H19FIN5O. The average molecular weight is 467 g/mol. The summed E-state index contributed by atoms with van der Waals surface area (Å²) in [6, 6.07) is 15.0. The van der Waals surface area contributed by atoms with Crippen LogP contribution in [0.15, 0.2) is 48.5 Å². The van der Waals surface area contributed by atoms with Gasteiger partial charge in [-0.25, -0.2) is 4.39 Å². The first-order valence-corrected chi connectivity index (χ1v) is 9.17. The van der Waals surface area contributed by atoms with E-state index in [1.807, 2.05) is 36.4 Å². The zero-order valence-electron chi connectivity index (χ0n) is 14.5. The largest absolute Gasteiger partial charge is 0.383 e. The van der Waals surface area contributed by atoms with Gasteiger partial charge in [-0.3, -0.25) is 0 Å². The number of para-hydroxylation sites is 1. The maximum Gasteiger partial charge on any atom is 0.207 e. The Labute approximate surface area is 164 Å². The lowest BCUT2D eigenvalue weighted by Gasteiger charge is -2.14. The van der Waals surface area contributed by atoms with Crippen molar-refractivity contribution in [2.24, 2.45) is 0 Å². The van der Waals surface area contributed by atoms with Gasteiger partial charge in [-0.15, -0.1) is 10.2 Å². The van der Waals surface area contributed by atoms with Gasteiger partial charge in [-0.05, 0) is 64.6 Å². The van der Waals surface area contributed by atoms with Crippen molar-refractivity contribution < 1.29 is 9.13 Å². The van der Waals surface area contributed by atoms with Gasteiger partial charge in [0.25, 0.3) is 0 Å². The number of rotatable bonds is 7. The Balaban J connectivity index is 1.82. The third-order valence-electron chi connectivity index (χ3n) is 3.79. The lowest BCUT2D eigenvalue weighted by Crippen LogP contribution is -2.07. The summed E-state index contributed by atoms with van der Waals surface area (Å²) in [4.78, 5) is 1.51. The summed E-state index contributed by atoms with van der Waals surface area (Å²) in [5, 5.41) is 15.9. The van der Waals surface area contributed by atoms with Crippen LogP contribution in [-0.2, 0) is 15.0 Å². The number of anilines is 2. The first-order chi connectivity index (χ1) is 12.5. The molecule has 1 N–H and O–H groups in total. The molecule has 0 aliphatic rings. The topological polar surface area (TPSA) is 64.9 Å². The van der Waals surface area contributed by atoms with Crippen LogP contribution in [0.1, 0.15) is 12.5 Å². The normalized spacial score (nSPS) is 13.4. The second-order valence-corrected chi connectivity index (χ2v) is 7.86. The molecule has 26 heavy (non-hydrogen) atoms. The molecule has 0 bridgehead atoms. The van der Waals surface area contributed by atoms with E-state index in [4.69, 9.17) is 4.74 Å². The molecule has 6 nitrogen and oxygen atoms in total. The predicted octanol–water partition coefficient (Wildman–Crippen LogP) is 4.31. The number of aromatic nitrogens is 4. The minimum Gasteiger partial charge on any atom is -0.383 e. The molecule has 1 unspecified atom stereocenters. The van der Waals surface area contributed by atoms with Crippen LogP contribution in [0.3, 0.4) is 0 Å². The zero-order chi connectivity index (χ0) is 18.6. The number of nitrogens with one attached hydrogen (secondary N) is 1. The second kappa shape index (κ2) is 8.09. The van der Waals surface area contributed by atoms with Crippen molar-refractivity contribution in [2.45, 2.75) is 17.1 Å². The lowest BCUT2D eigenvalue weighted by atomic mass is 10.1. The van der Waals surface area contributed by atoms with Crippen molar-refractivity contribution in [2.75, 3.05) is 19.0 Å². The summed E-state index contributed by atoms with van der Waals surface area (Å²) in [5.74, 6) is 0.532. The number of tetrazole rings is 1. The fourth-order valence-electron chi connectivity index (χ4n) is 2.41. The van der Waals surface area contributed by atoms with Crippen LogP contribution in [-0.4, -0.2) is 33.9 Å². The van der Waals surface area contributed by atoms with Crippen LogP contribution in [0.5, 0.6) is 0 Å². The molecular weight excluding hydrogens is 448 g/mol. The monoisotopic (exact) mass is 467 g/mol. The molecule has 2 aromatic carbocycles. The van der Waals surface area contributed by atoms with Gasteiger partial charge < -0.3 is 10.1 Å². The molecule has 0 saturated heterocycles. The SMILES string of the molecule is COCCn1nnc(-c2ccccc2Nc2ccc(C(C)(F)I)cc2)n1. The quantitative estimate of drug-likeness (QED) is 0.415. The first kappa shape index (κ1) is 18.7. The van der Waals surface area contributed by atoms with Gasteiger partial charge in [0.2, 0.25) is 5.82 Å². The van der Waals surface area contributed by atoms with E-state index in [-0.39, 0.29) is 0 Å². The summed E-state index contributed by atoms with van der Waals surface area (Å²) in [7, 11) is 1.63. The average Bonchev–Trinajstić information content (AvgIpc) is 3.09. The second-order valence-electron chi connectivity index (χ2n) is 5.84. The number of hydrogen-bond acceptors (Lipinski definition) is 5. The Hall–Kier alpha value is -2.07. The molecule has 0 amide bonds. The van der Waals surface area contributed by atoms with Crippen molar-refractivity contribution in [1.29, 1.82) is 0 Å². The summed E-state index contributed by atoms with van der Waals surface area (Å²) < 4.78 is 17.6. The maximum absolute atomic E-state index is 14.0. The summed E-state index contributed by atoms with van der Waals surface area (Å²) in [6.07, 6.45) is 0. The van der Waals surface area contributed by atoms with Gasteiger partial charge in [0.05, 0.1) is 13.2 Å². The van der Waals surface area contributed by atoms with Crippen molar-refractivity contribution in [3.05, 3.63) is 54.1 Å². The molecule has 8 heteroatoms. The van der Waals surface area contributed by atoms with Gasteiger partial charge in [-0.1, -0.05) is 24.3 Å². The highest BCUT2D eigenvalue weighted by Gasteiger charge is 2.20. The molecule has 0 spiro atoms. The van der Waals surface area contributed by atoms with E-state index in [9.17, 15) is 4.39 Å². The molecule has 3 aromatic rings. The molecule has 0 aliphatic carbocycles. The molecule has 3 rings (SSSR count). The van der Waals surface area contributed by atoms with Crippen molar-refractivity contribution in [3.63, 3.8) is 0 Å². The molecule has 0 radical (unpaired) electrons. The number of methoxy groups -OCH3 is 1. The highest BCUT2D eigenvalue weighted by Crippen LogP contribution is 2.34. The Bertz CT molecular complexity index is 861. The minimum atomic E-state index is -1.39. The minimum absolute atomic E-state index is 0.520. The van der Waals surface area contributed by atoms with E-state index >= 15 is 0 Å². The Morgan fingerprint density at radius 2 is 1.92 bits per heavy atom. The van der Waals surface area contributed by atoms with Crippen LogP contribution in [0.25, 0.3) is 11.4 Å². The van der Waals surface area contributed by atoms with Crippen LogP contribution >= 0.6 is 22.6 Å². The van der Waals surface area contributed by atoms with E-state index in [1.54, 1.807) is 41.8 Å². The van der Waals surface area contributed by atoms with E-state index in [2.05, 4.69) is 20.7 Å². The molecule has 136 valence electrons. The number of halogens is 2. The standard InChI is InChI=1S/C18H19FIN5O/c1-18(19,20)13-7-9-14(10-8-13)21-16-6-4-3-5-15(16)17-22-24-25(23-17)11-12-26-2/h3-10,21H,11-12H2,1-2H3. The Morgan fingerprint density at radius 3 is 2.62 bits per heavy atom. The molecule has 0 saturated carbocycles. The van der Waals surface area contributed by atoms with Gasteiger partial charge in [0.15, 0.2) is 3.68 Å². The fraction of sp³-hybridized carbons (Fsp3) is 0.278. The molecule has 1 aromatic heterocycles. The van der Waals surface area contributed by atoms with Crippen molar-refractivity contribution >= 4 is 34.0 Å². The third-order valence-corrected chi connectivity index (χ3v) is 4.41. The predicted molar refractivity (Wildman–Crippen MR) is 107 cm³/mol. The highest BCUT2D eigenvalue weighted by molar-refractivity contribution is 14.1. The number of nitrogens with zero attached hydrogens (tertiary/aromatic N) is 4. The van der Waals surface area contributed by atoms with Crippen molar-refractivity contribution in [1.82, 2.24) is 20.2 Å².